The van der Waals surface area contributed by atoms with Crippen LogP contribution in [0, 0.1) is 12.9 Å². The monoisotopic (exact) mass is 190 g/mol. The summed E-state index contributed by atoms with van der Waals surface area (Å²) in [7, 11) is 0. The van der Waals surface area contributed by atoms with Gasteiger partial charge in [-0.15, -0.1) is 0 Å². The van der Waals surface area contributed by atoms with Crippen LogP contribution < -0.4 is 0 Å². The molecule has 0 radical (unpaired) electrons. The molecule has 1 fully saturated rings. The zero-order valence-electron chi connectivity index (χ0n) is 8.00. The van der Waals surface area contributed by atoms with Crippen molar-refractivity contribution in [2.75, 3.05) is 0 Å². The maximum Gasteiger partial charge on any atom is 0.220 e. The van der Waals surface area contributed by atoms with Crippen LogP contribution >= 0.6 is 0 Å². The molecule has 0 saturated heterocycles. The number of halogens is 1. The fourth-order valence-electron chi connectivity index (χ4n) is 1.81. The van der Waals surface area contributed by atoms with Gasteiger partial charge in [-0.25, -0.2) is 4.98 Å². The summed E-state index contributed by atoms with van der Waals surface area (Å²) in [6.45, 7) is 1.69. The normalized spacial score (nSPS) is 16.4. The number of hydrogen-bond acceptors (Lipinski definition) is 1. The molecule has 0 spiro atoms. The molecule has 1 saturated carbocycles. The molecule has 1 aliphatic rings. The minimum absolute atomic E-state index is 0.234. The summed E-state index contributed by atoms with van der Waals surface area (Å²) in [6.07, 6.45) is 4.35. The first-order valence-electron chi connectivity index (χ1n) is 4.90. The third kappa shape index (κ3) is 1.05. The maximum atomic E-state index is 13.5. The van der Waals surface area contributed by atoms with Crippen LogP contribution in [0.4, 0.5) is 4.39 Å². The van der Waals surface area contributed by atoms with Crippen molar-refractivity contribution >= 4 is 5.65 Å². The lowest BCUT2D eigenvalue weighted by atomic mass is 10.2. The number of aromatic nitrogens is 2. The Morgan fingerprint density at radius 2 is 2.21 bits per heavy atom. The molecule has 2 aromatic heterocycles. The first kappa shape index (κ1) is 7.97. The van der Waals surface area contributed by atoms with E-state index in [1.807, 2.05) is 12.3 Å². The van der Waals surface area contributed by atoms with Gasteiger partial charge in [-0.05, 0) is 37.3 Å². The molecular weight excluding hydrogens is 179 g/mol. The summed E-state index contributed by atoms with van der Waals surface area (Å²) in [5, 5.41) is 0. The second-order valence-electron chi connectivity index (χ2n) is 3.95. The number of aryl methyl sites for hydroxylation is 1. The van der Waals surface area contributed by atoms with Crippen LogP contribution in [0.3, 0.4) is 0 Å². The number of fused-ring (bicyclic) bond motifs is 1. The van der Waals surface area contributed by atoms with Gasteiger partial charge in [-0.3, -0.25) is 4.40 Å². The summed E-state index contributed by atoms with van der Waals surface area (Å²) in [4.78, 5) is 4.12. The van der Waals surface area contributed by atoms with E-state index in [2.05, 4.69) is 11.1 Å². The molecule has 0 unspecified atom stereocenters. The summed E-state index contributed by atoms with van der Waals surface area (Å²) < 4.78 is 15.1. The Balaban J connectivity index is 2.25. The van der Waals surface area contributed by atoms with Gasteiger partial charge in [0.1, 0.15) is 5.65 Å². The second kappa shape index (κ2) is 2.56. The Bertz CT molecular complexity index is 497. The van der Waals surface area contributed by atoms with Crippen molar-refractivity contribution in [3.8, 4) is 0 Å². The van der Waals surface area contributed by atoms with E-state index in [-0.39, 0.29) is 5.95 Å². The molecule has 3 rings (SSSR count). The van der Waals surface area contributed by atoms with E-state index in [0.717, 1.165) is 0 Å². The van der Waals surface area contributed by atoms with E-state index in [1.54, 1.807) is 11.3 Å². The van der Waals surface area contributed by atoms with E-state index in [4.69, 9.17) is 0 Å². The average Bonchev–Trinajstić information content (AvgIpc) is 2.97. The third-order valence-corrected chi connectivity index (χ3v) is 2.79. The molecule has 14 heavy (non-hydrogen) atoms. The van der Waals surface area contributed by atoms with Crippen LogP contribution in [0.5, 0.6) is 0 Å². The topological polar surface area (TPSA) is 17.3 Å². The Labute approximate surface area is 81.4 Å². The molecular formula is C11H11FN2. The standard InChI is InChI=1S/C11H11FN2/c1-7-11(12)14-6-9(8-2-3-8)4-5-10(14)13-7/h4-6,8H,2-3H2,1H3. The van der Waals surface area contributed by atoms with Crippen LogP contribution in [-0.4, -0.2) is 9.38 Å². The fraction of sp³-hybridized carbons (Fsp3) is 0.364. The highest BCUT2D eigenvalue weighted by Crippen LogP contribution is 2.39. The van der Waals surface area contributed by atoms with Gasteiger partial charge >= 0.3 is 0 Å². The van der Waals surface area contributed by atoms with Crippen molar-refractivity contribution in [3.63, 3.8) is 0 Å². The predicted octanol–water partition coefficient (Wildman–Crippen LogP) is 2.66. The van der Waals surface area contributed by atoms with E-state index < -0.39 is 0 Å². The minimum atomic E-state index is -0.234. The highest BCUT2D eigenvalue weighted by molar-refractivity contribution is 5.43. The van der Waals surface area contributed by atoms with E-state index in [0.29, 0.717) is 17.3 Å². The van der Waals surface area contributed by atoms with Crippen LogP contribution in [0.25, 0.3) is 5.65 Å². The number of rotatable bonds is 1. The van der Waals surface area contributed by atoms with Gasteiger partial charge in [0.2, 0.25) is 5.95 Å². The van der Waals surface area contributed by atoms with Crippen LogP contribution in [0.1, 0.15) is 30.0 Å². The van der Waals surface area contributed by atoms with E-state index in [9.17, 15) is 4.39 Å². The van der Waals surface area contributed by atoms with Gasteiger partial charge < -0.3 is 0 Å². The van der Waals surface area contributed by atoms with Gasteiger partial charge in [0.25, 0.3) is 0 Å². The zero-order chi connectivity index (χ0) is 9.71. The van der Waals surface area contributed by atoms with Gasteiger partial charge in [0.15, 0.2) is 0 Å². The fourth-order valence-corrected chi connectivity index (χ4v) is 1.81. The quantitative estimate of drug-likeness (QED) is 0.675. The zero-order valence-corrected chi connectivity index (χ0v) is 8.00. The first-order chi connectivity index (χ1) is 6.75. The van der Waals surface area contributed by atoms with Crippen molar-refractivity contribution in [1.82, 2.24) is 9.38 Å². The lowest BCUT2D eigenvalue weighted by Crippen LogP contribution is -1.91. The molecule has 0 N–H and O–H groups in total. The first-order valence-corrected chi connectivity index (χ1v) is 4.90. The third-order valence-electron chi connectivity index (χ3n) is 2.79. The maximum absolute atomic E-state index is 13.5. The average molecular weight is 190 g/mol. The van der Waals surface area contributed by atoms with Crippen molar-refractivity contribution in [2.24, 2.45) is 0 Å². The van der Waals surface area contributed by atoms with Crippen molar-refractivity contribution in [3.05, 3.63) is 35.5 Å². The van der Waals surface area contributed by atoms with Gasteiger partial charge in [0.05, 0.1) is 5.69 Å². The van der Waals surface area contributed by atoms with Crippen LogP contribution in [-0.2, 0) is 0 Å². The van der Waals surface area contributed by atoms with Gasteiger partial charge in [0, 0.05) is 6.20 Å². The van der Waals surface area contributed by atoms with Crippen LogP contribution in [0.15, 0.2) is 18.3 Å². The molecule has 3 heteroatoms. The van der Waals surface area contributed by atoms with Gasteiger partial charge in [-0.1, -0.05) is 6.07 Å². The van der Waals surface area contributed by atoms with Gasteiger partial charge in [-0.2, -0.15) is 4.39 Å². The number of pyridine rings is 1. The molecule has 72 valence electrons. The minimum Gasteiger partial charge on any atom is -0.276 e. The smallest absolute Gasteiger partial charge is 0.220 e. The highest BCUT2D eigenvalue weighted by atomic mass is 19.1. The summed E-state index contributed by atoms with van der Waals surface area (Å²) in [5.74, 6) is 0.420. The highest BCUT2D eigenvalue weighted by Gasteiger charge is 2.24. The second-order valence-corrected chi connectivity index (χ2v) is 3.95. The van der Waals surface area contributed by atoms with E-state index >= 15 is 0 Å². The van der Waals surface area contributed by atoms with Crippen LogP contribution in [0.2, 0.25) is 0 Å². The van der Waals surface area contributed by atoms with E-state index in [1.165, 1.54) is 18.4 Å². The lowest BCUT2D eigenvalue weighted by molar-refractivity contribution is 0.563. The summed E-state index contributed by atoms with van der Waals surface area (Å²) in [6, 6.07) is 3.95. The largest absolute Gasteiger partial charge is 0.276 e. The Hall–Kier alpha value is -1.38. The molecule has 0 aliphatic heterocycles. The molecule has 1 aliphatic carbocycles. The Morgan fingerprint density at radius 3 is 2.93 bits per heavy atom. The molecule has 0 amide bonds. The molecule has 2 nitrogen and oxygen atoms in total. The summed E-state index contributed by atoms with van der Waals surface area (Å²) in [5.41, 5.74) is 2.40. The Kier molecular flexibility index (Phi) is 1.46. The Morgan fingerprint density at radius 1 is 1.43 bits per heavy atom. The molecule has 2 heterocycles. The molecule has 2 aromatic rings. The lowest BCUT2D eigenvalue weighted by Gasteiger charge is -1.99. The molecule has 0 atom stereocenters. The predicted molar refractivity (Wildman–Crippen MR) is 51.9 cm³/mol. The van der Waals surface area contributed by atoms with Crippen molar-refractivity contribution in [1.29, 1.82) is 0 Å². The van der Waals surface area contributed by atoms with Crippen molar-refractivity contribution < 1.29 is 4.39 Å². The SMILES string of the molecule is Cc1nc2ccc(C3CC3)cn2c1F. The number of hydrogen-bond donors (Lipinski definition) is 0. The summed E-state index contributed by atoms with van der Waals surface area (Å²) >= 11 is 0. The van der Waals surface area contributed by atoms with Crippen molar-refractivity contribution in [2.45, 2.75) is 25.7 Å². The number of imidazole rings is 1. The number of nitrogens with zero attached hydrogens (tertiary/aromatic N) is 2. The molecule has 0 aromatic carbocycles. The molecule has 0 bridgehead atoms.